The first kappa shape index (κ1) is 16.3. The average Bonchev–Trinajstić information content (AvgIpc) is 2.43. The van der Waals surface area contributed by atoms with Gasteiger partial charge in [-0.2, -0.15) is 5.06 Å². The number of aryl methyl sites for hydroxylation is 1. The molecule has 0 aliphatic carbocycles. The van der Waals surface area contributed by atoms with Gasteiger partial charge < -0.3 is 14.4 Å². The van der Waals surface area contributed by atoms with Gasteiger partial charge in [0.15, 0.2) is 0 Å². The molecule has 1 rings (SSSR count). The van der Waals surface area contributed by atoms with Crippen molar-refractivity contribution in [3.05, 3.63) is 29.8 Å². The maximum absolute atomic E-state index is 11.5. The Morgan fingerprint density at radius 3 is 2.45 bits per heavy atom. The number of carbonyl (C=O) groups is 1. The zero-order valence-corrected chi connectivity index (χ0v) is 12.5. The minimum absolute atomic E-state index is 0.286. The van der Waals surface area contributed by atoms with Gasteiger partial charge in [0.25, 0.3) is 0 Å². The van der Waals surface area contributed by atoms with Crippen LogP contribution >= 0.6 is 0 Å². The van der Waals surface area contributed by atoms with Crippen LogP contribution < -0.4 is 5.06 Å². The molecule has 1 aromatic carbocycles. The highest BCUT2D eigenvalue weighted by Crippen LogP contribution is 2.13. The number of hydroxylamine groups is 3. The molecular weight excluding hydrogens is 260 g/mol. The van der Waals surface area contributed by atoms with Crippen LogP contribution in [0.2, 0.25) is 0 Å². The summed E-state index contributed by atoms with van der Waals surface area (Å²) in [6, 6.07) is 7.63. The Hall–Kier alpha value is -1.79. The lowest BCUT2D eigenvalue weighted by atomic mass is 10.2. The first-order valence-corrected chi connectivity index (χ1v) is 6.43. The van der Waals surface area contributed by atoms with E-state index in [4.69, 9.17) is 14.4 Å². The SMILES string of the molecule is CON(C)CCCOC(=O)ON(C)c1ccc(C)cc1. The molecule has 0 radical (unpaired) electrons. The molecule has 112 valence electrons. The van der Waals surface area contributed by atoms with Gasteiger partial charge in [-0.05, 0) is 25.5 Å². The summed E-state index contributed by atoms with van der Waals surface area (Å²) in [6.45, 7) is 2.96. The topological polar surface area (TPSA) is 51.2 Å². The van der Waals surface area contributed by atoms with E-state index in [-0.39, 0.29) is 6.61 Å². The lowest BCUT2D eigenvalue weighted by Gasteiger charge is -2.18. The zero-order chi connectivity index (χ0) is 15.0. The van der Waals surface area contributed by atoms with Crippen molar-refractivity contribution in [1.29, 1.82) is 0 Å². The van der Waals surface area contributed by atoms with Crippen LogP contribution in [0.15, 0.2) is 24.3 Å². The standard InChI is InChI=1S/C14H22N2O4/c1-12-6-8-13(9-7-12)16(3)20-14(17)19-11-5-10-15(2)18-4/h6-9H,5,10-11H2,1-4H3. The van der Waals surface area contributed by atoms with Crippen molar-refractivity contribution < 1.29 is 19.2 Å². The van der Waals surface area contributed by atoms with Gasteiger partial charge in [-0.25, -0.2) is 9.86 Å². The molecule has 1 aromatic rings. The molecule has 0 aliphatic rings. The van der Waals surface area contributed by atoms with Gasteiger partial charge in [-0.3, -0.25) is 0 Å². The van der Waals surface area contributed by atoms with Gasteiger partial charge in [0, 0.05) is 20.6 Å². The lowest BCUT2D eigenvalue weighted by Crippen LogP contribution is -2.24. The number of ether oxygens (including phenoxy) is 1. The highest BCUT2D eigenvalue weighted by molar-refractivity contribution is 5.62. The monoisotopic (exact) mass is 282 g/mol. The molecule has 0 unspecified atom stereocenters. The van der Waals surface area contributed by atoms with Gasteiger partial charge in [-0.1, -0.05) is 17.7 Å². The fraction of sp³-hybridized carbons (Fsp3) is 0.500. The Morgan fingerprint density at radius 1 is 1.20 bits per heavy atom. The Kier molecular flexibility index (Phi) is 6.83. The Morgan fingerprint density at radius 2 is 1.85 bits per heavy atom. The summed E-state index contributed by atoms with van der Waals surface area (Å²) in [6.07, 6.45) is -0.0404. The molecule has 0 amide bonds. The number of rotatable bonds is 7. The summed E-state index contributed by atoms with van der Waals surface area (Å²) < 4.78 is 4.97. The summed E-state index contributed by atoms with van der Waals surface area (Å²) in [4.78, 5) is 21.5. The molecule has 0 saturated heterocycles. The summed E-state index contributed by atoms with van der Waals surface area (Å²) in [5.41, 5.74) is 1.93. The van der Waals surface area contributed by atoms with E-state index in [1.54, 1.807) is 19.2 Å². The number of benzene rings is 1. The predicted molar refractivity (Wildman–Crippen MR) is 76.3 cm³/mol. The summed E-state index contributed by atoms with van der Waals surface area (Å²) in [7, 11) is 5.06. The van der Waals surface area contributed by atoms with E-state index in [9.17, 15) is 4.79 Å². The highest BCUT2D eigenvalue weighted by atomic mass is 16.8. The van der Waals surface area contributed by atoms with E-state index in [0.717, 1.165) is 11.3 Å². The molecule has 0 aliphatic heterocycles. The van der Waals surface area contributed by atoms with Crippen molar-refractivity contribution in [2.45, 2.75) is 13.3 Å². The molecule has 0 atom stereocenters. The van der Waals surface area contributed by atoms with E-state index in [1.807, 2.05) is 38.2 Å². The van der Waals surface area contributed by atoms with Crippen LogP contribution in [0, 0.1) is 6.92 Å². The predicted octanol–water partition coefficient (Wildman–Crippen LogP) is 2.38. The Labute approximate surface area is 119 Å². The van der Waals surface area contributed by atoms with Crippen molar-refractivity contribution in [2.75, 3.05) is 39.4 Å². The average molecular weight is 282 g/mol. The third-order valence-corrected chi connectivity index (χ3v) is 2.76. The molecule has 0 fully saturated rings. The molecule has 6 heteroatoms. The maximum atomic E-state index is 11.5. The second kappa shape index (κ2) is 8.39. The second-order valence-corrected chi connectivity index (χ2v) is 4.41. The van der Waals surface area contributed by atoms with E-state index in [0.29, 0.717) is 13.0 Å². The molecule has 0 N–H and O–H groups in total. The molecule has 0 aromatic heterocycles. The number of carbonyl (C=O) groups excluding carboxylic acids is 1. The summed E-state index contributed by atoms with van der Waals surface area (Å²) in [5.74, 6) is 0. The lowest BCUT2D eigenvalue weighted by molar-refractivity contribution is -0.111. The van der Waals surface area contributed by atoms with E-state index >= 15 is 0 Å². The van der Waals surface area contributed by atoms with Crippen molar-refractivity contribution in [3.63, 3.8) is 0 Å². The summed E-state index contributed by atoms with van der Waals surface area (Å²) >= 11 is 0. The van der Waals surface area contributed by atoms with Crippen LogP contribution in [0.1, 0.15) is 12.0 Å². The molecule has 6 nitrogen and oxygen atoms in total. The minimum atomic E-state index is -0.715. The van der Waals surface area contributed by atoms with Gasteiger partial charge in [-0.15, -0.1) is 0 Å². The Balaban J connectivity index is 2.26. The third kappa shape index (κ3) is 5.90. The normalized spacial score (nSPS) is 10.4. The molecule has 0 heterocycles. The molecule has 20 heavy (non-hydrogen) atoms. The molecule has 0 bridgehead atoms. The van der Waals surface area contributed by atoms with Gasteiger partial charge in [0.1, 0.15) is 0 Å². The van der Waals surface area contributed by atoms with Crippen molar-refractivity contribution >= 4 is 11.8 Å². The first-order chi connectivity index (χ1) is 9.52. The third-order valence-electron chi connectivity index (χ3n) is 2.76. The zero-order valence-electron chi connectivity index (χ0n) is 12.5. The highest BCUT2D eigenvalue weighted by Gasteiger charge is 2.10. The van der Waals surface area contributed by atoms with Crippen LogP contribution in [0.5, 0.6) is 0 Å². The van der Waals surface area contributed by atoms with Gasteiger partial charge in [0.05, 0.1) is 19.4 Å². The van der Waals surface area contributed by atoms with Crippen LogP contribution in [0.3, 0.4) is 0 Å². The quantitative estimate of drug-likeness (QED) is 0.435. The van der Waals surface area contributed by atoms with Crippen molar-refractivity contribution in [2.24, 2.45) is 0 Å². The van der Waals surface area contributed by atoms with Crippen molar-refractivity contribution in [1.82, 2.24) is 5.06 Å². The molecule has 0 saturated carbocycles. The molecular formula is C14H22N2O4. The summed E-state index contributed by atoms with van der Waals surface area (Å²) in [5, 5.41) is 3.04. The van der Waals surface area contributed by atoms with E-state index in [1.165, 1.54) is 5.06 Å². The largest absolute Gasteiger partial charge is 0.533 e. The van der Waals surface area contributed by atoms with Gasteiger partial charge in [0.2, 0.25) is 0 Å². The van der Waals surface area contributed by atoms with Crippen LogP contribution in [-0.2, 0) is 14.4 Å². The van der Waals surface area contributed by atoms with Crippen LogP contribution in [0.25, 0.3) is 0 Å². The number of nitrogens with zero attached hydrogens (tertiary/aromatic N) is 2. The van der Waals surface area contributed by atoms with Crippen molar-refractivity contribution in [3.8, 4) is 0 Å². The van der Waals surface area contributed by atoms with Gasteiger partial charge >= 0.3 is 6.16 Å². The fourth-order valence-electron chi connectivity index (χ4n) is 1.48. The van der Waals surface area contributed by atoms with E-state index in [2.05, 4.69) is 0 Å². The van der Waals surface area contributed by atoms with E-state index < -0.39 is 6.16 Å². The number of anilines is 1. The van der Waals surface area contributed by atoms with Crippen LogP contribution in [0.4, 0.5) is 10.5 Å². The fourth-order valence-corrected chi connectivity index (χ4v) is 1.48. The first-order valence-electron chi connectivity index (χ1n) is 6.43. The minimum Gasteiger partial charge on any atom is -0.433 e. The number of hydrogen-bond acceptors (Lipinski definition) is 6. The van der Waals surface area contributed by atoms with Crippen LogP contribution in [-0.4, -0.2) is 45.6 Å². The number of hydrogen-bond donors (Lipinski definition) is 0. The maximum Gasteiger partial charge on any atom is 0.533 e. The Bertz CT molecular complexity index is 408. The smallest absolute Gasteiger partial charge is 0.433 e. The second-order valence-electron chi connectivity index (χ2n) is 4.41. The molecule has 0 spiro atoms.